The minimum Gasteiger partial charge on any atom is -0.398 e. The molecule has 6 heteroatoms. The summed E-state index contributed by atoms with van der Waals surface area (Å²) >= 11 is 3.35. The Bertz CT molecular complexity index is 467. The number of amides is 1. The summed E-state index contributed by atoms with van der Waals surface area (Å²) < 4.78 is 0.893. The average Bonchev–Trinajstić information content (AvgIpc) is 2.77. The van der Waals surface area contributed by atoms with Crippen LogP contribution in [0.25, 0.3) is 0 Å². The van der Waals surface area contributed by atoms with E-state index in [0.29, 0.717) is 17.3 Å². The molecule has 1 saturated heterocycles. The lowest BCUT2D eigenvalue weighted by atomic mass is 10.1. The van der Waals surface area contributed by atoms with Gasteiger partial charge in [0.05, 0.1) is 5.56 Å². The summed E-state index contributed by atoms with van der Waals surface area (Å²) in [7, 11) is 4.10. The van der Waals surface area contributed by atoms with Crippen molar-refractivity contribution in [1.82, 2.24) is 9.80 Å². The second kappa shape index (κ2) is 6.59. The molecule has 1 heterocycles. The molecule has 1 amide bonds. The Morgan fingerprint density at radius 2 is 2.16 bits per heavy atom. The molecule has 0 radical (unpaired) electrons. The van der Waals surface area contributed by atoms with Gasteiger partial charge in [-0.3, -0.25) is 4.79 Å². The number of anilines is 1. The van der Waals surface area contributed by atoms with Crippen molar-refractivity contribution >= 4 is 39.9 Å². The molecule has 1 fully saturated rings. The fraction of sp³-hybridized carbons (Fsp3) is 0.462. The first-order valence-corrected chi connectivity index (χ1v) is 6.79. The van der Waals surface area contributed by atoms with Crippen LogP contribution in [0.5, 0.6) is 0 Å². The Morgan fingerprint density at radius 3 is 2.68 bits per heavy atom. The minimum atomic E-state index is 0. The number of benzene rings is 1. The lowest BCUT2D eigenvalue weighted by Crippen LogP contribution is -2.34. The molecule has 1 aromatic rings. The van der Waals surface area contributed by atoms with Gasteiger partial charge in [0.15, 0.2) is 0 Å². The van der Waals surface area contributed by atoms with Crippen molar-refractivity contribution in [1.29, 1.82) is 0 Å². The highest BCUT2D eigenvalue weighted by Gasteiger charge is 2.28. The van der Waals surface area contributed by atoms with Crippen molar-refractivity contribution in [3.8, 4) is 0 Å². The summed E-state index contributed by atoms with van der Waals surface area (Å²) in [5, 5.41) is 0. The van der Waals surface area contributed by atoms with Gasteiger partial charge in [-0.05, 0) is 38.7 Å². The normalized spacial score (nSPS) is 18.5. The van der Waals surface area contributed by atoms with Crippen LogP contribution in [0.2, 0.25) is 0 Å². The molecule has 1 aliphatic rings. The topological polar surface area (TPSA) is 49.6 Å². The van der Waals surface area contributed by atoms with Crippen LogP contribution in [0, 0.1) is 0 Å². The fourth-order valence-corrected chi connectivity index (χ4v) is 2.63. The van der Waals surface area contributed by atoms with Crippen molar-refractivity contribution < 1.29 is 4.79 Å². The Labute approximate surface area is 128 Å². The highest BCUT2D eigenvalue weighted by Crippen LogP contribution is 2.22. The van der Waals surface area contributed by atoms with E-state index in [1.54, 1.807) is 12.1 Å². The van der Waals surface area contributed by atoms with E-state index < -0.39 is 0 Å². The van der Waals surface area contributed by atoms with Gasteiger partial charge in [0.2, 0.25) is 0 Å². The number of rotatable bonds is 2. The van der Waals surface area contributed by atoms with Crippen LogP contribution in [0.15, 0.2) is 22.7 Å². The summed E-state index contributed by atoms with van der Waals surface area (Å²) in [5.74, 6) is 0.0318. The van der Waals surface area contributed by atoms with Crippen molar-refractivity contribution in [3.63, 3.8) is 0 Å². The number of hydrogen-bond donors (Lipinski definition) is 1. The maximum Gasteiger partial charge on any atom is 0.255 e. The van der Waals surface area contributed by atoms with E-state index in [4.69, 9.17) is 5.73 Å². The van der Waals surface area contributed by atoms with Gasteiger partial charge in [-0.1, -0.05) is 15.9 Å². The van der Waals surface area contributed by atoms with Gasteiger partial charge in [-0.25, -0.2) is 0 Å². The van der Waals surface area contributed by atoms with Crippen LogP contribution < -0.4 is 5.73 Å². The second-order valence-corrected chi connectivity index (χ2v) is 5.80. The number of nitrogen functional groups attached to an aromatic ring is 1. The molecule has 0 saturated carbocycles. The third-order valence-corrected chi connectivity index (χ3v) is 3.92. The van der Waals surface area contributed by atoms with Crippen LogP contribution >= 0.6 is 28.3 Å². The molecular weight excluding hydrogens is 330 g/mol. The fourth-order valence-electron chi connectivity index (χ4n) is 2.25. The molecular formula is C13H19BrClN3O. The Morgan fingerprint density at radius 1 is 1.47 bits per heavy atom. The monoisotopic (exact) mass is 347 g/mol. The smallest absolute Gasteiger partial charge is 0.255 e. The predicted octanol–water partition coefficient (Wildman–Crippen LogP) is 2.23. The molecule has 2 N–H and O–H groups in total. The van der Waals surface area contributed by atoms with Gasteiger partial charge in [-0.2, -0.15) is 0 Å². The first kappa shape index (κ1) is 16.3. The van der Waals surface area contributed by atoms with Crippen LogP contribution in [0.3, 0.4) is 0 Å². The Kier molecular flexibility index (Phi) is 5.64. The highest BCUT2D eigenvalue weighted by atomic mass is 79.9. The van der Waals surface area contributed by atoms with E-state index in [0.717, 1.165) is 24.0 Å². The SMILES string of the molecule is CN(C)C1CCN(C(=O)c2ccc(Br)cc2N)C1.Cl. The molecule has 0 bridgehead atoms. The molecule has 4 nitrogen and oxygen atoms in total. The first-order valence-electron chi connectivity index (χ1n) is 6.00. The number of nitrogens with zero attached hydrogens (tertiary/aromatic N) is 2. The van der Waals surface area contributed by atoms with E-state index in [1.807, 2.05) is 25.1 Å². The molecule has 1 aliphatic heterocycles. The van der Waals surface area contributed by atoms with Crippen molar-refractivity contribution in [2.75, 3.05) is 32.9 Å². The van der Waals surface area contributed by atoms with E-state index in [9.17, 15) is 4.79 Å². The van der Waals surface area contributed by atoms with Gasteiger partial charge >= 0.3 is 0 Å². The zero-order valence-corrected chi connectivity index (χ0v) is 13.5. The highest BCUT2D eigenvalue weighted by molar-refractivity contribution is 9.10. The number of likely N-dealkylation sites (tertiary alicyclic amines) is 1. The molecule has 0 aliphatic carbocycles. The quantitative estimate of drug-likeness (QED) is 0.834. The van der Waals surface area contributed by atoms with Gasteiger partial charge in [-0.15, -0.1) is 12.4 Å². The maximum absolute atomic E-state index is 12.4. The van der Waals surface area contributed by atoms with E-state index in [2.05, 4.69) is 20.8 Å². The maximum atomic E-state index is 12.4. The van der Waals surface area contributed by atoms with Crippen molar-refractivity contribution in [3.05, 3.63) is 28.2 Å². The second-order valence-electron chi connectivity index (χ2n) is 4.89. The molecule has 1 atom stereocenters. The van der Waals surface area contributed by atoms with Gasteiger partial charge in [0.25, 0.3) is 5.91 Å². The van der Waals surface area contributed by atoms with Crippen molar-refractivity contribution in [2.45, 2.75) is 12.5 Å². The molecule has 106 valence electrons. The van der Waals surface area contributed by atoms with Crippen molar-refractivity contribution in [2.24, 2.45) is 0 Å². The van der Waals surface area contributed by atoms with E-state index in [1.165, 1.54) is 0 Å². The van der Waals surface area contributed by atoms with E-state index >= 15 is 0 Å². The first-order chi connectivity index (χ1) is 8.49. The lowest BCUT2D eigenvalue weighted by molar-refractivity contribution is 0.0784. The predicted molar refractivity (Wildman–Crippen MR) is 83.8 cm³/mol. The number of carbonyl (C=O) groups is 1. The number of hydrogen-bond acceptors (Lipinski definition) is 3. The van der Waals surface area contributed by atoms with Gasteiger partial charge < -0.3 is 15.5 Å². The number of likely N-dealkylation sites (N-methyl/N-ethyl adjacent to an activating group) is 1. The number of nitrogens with two attached hydrogens (primary N) is 1. The standard InChI is InChI=1S/C13H18BrN3O.ClH/c1-16(2)10-5-6-17(8-10)13(18)11-4-3-9(14)7-12(11)15;/h3-4,7,10H,5-6,8,15H2,1-2H3;1H. The third-order valence-electron chi connectivity index (χ3n) is 3.42. The molecule has 2 rings (SSSR count). The average molecular weight is 349 g/mol. The number of carbonyl (C=O) groups excluding carboxylic acids is 1. The van der Waals surface area contributed by atoms with Gasteiger partial charge in [0.1, 0.15) is 0 Å². The Hall–Kier alpha value is -0.780. The summed E-state index contributed by atoms with van der Waals surface area (Å²) in [6.07, 6.45) is 1.02. The summed E-state index contributed by atoms with van der Waals surface area (Å²) in [4.78, 5) is 16.4. The summed E-state index contributed by atoms with van der Waals surface area (Å²) in [5.41, 5.74) is 7.02. The summed E-state index contributed by atoms with van der Waals surface area (Å²) in [6.45, 7) is 1.58. The van der Waals surface area contributed by atoms with Gasteiger partial charge in [0, 0.05) is 29.3 Å². The molecule has 0 aromatic heterocycles. The zero-order chi connectivity index (χ0) is 13.3. The zero-order valence-electron chi connectivity index (χ0n) is 11.1. The van der Waals surface area contributed by atoms with Crippen LogP contribution in [-0.4, -0.2) is 48.9 Å². The third kappa shape index (κ3) is 3.61. The lowest BCUT2D eigenvalue weighted by Gasteiger charge is -2.21. The molecule has 0 spiro atoms. The van der Waals surface area contributed by atoms with Crippen LogP contribution in [-0.2, 0) is 0 Å². The van der Waals surface area contributed by atoms with Crippen LogP contribution in [0.4, 0.5) is 5.69 Å². The van der Waals surface area contributed by atoms with E-state index in [-0.39, 0.29) is 18.3 Å². The largest absolute Gasteiger partial charge is 0.398 e. The Balaban J connectivity index is 0.00000180. The minimum absolute atomic E-state index is 0. The molecule has 1 unspecified atom stereocenters. The number of halogens is 2. The summed E-state index contributed by atoms with van der Waals surface area (Å²) in [6, 6.07) is 5.85. The van der Waals surface area contributed by atoms with Crippen LogP contribution in [0.1, 0.15) is 16.8 Å². The molecule has 1 aromatic carbocycles. The molecule has 19 heavy (non-hydrogen) atoms.